The molecule has 0 heterocycles. The van der Waals surface area contributed by atoms with Crippen LogP contribution >= 0.6 is 23.2 Å². The molecule has 0 saturated heterocycles. The first kappa shape index (κ1) is 10.2. The summed E-state index contributed by atoms with van der Waals surface area (Å²) in [5.41, 5.74) is 0.295. The Bertz CT molecular complexity index is 374. The Kier molecular flexibility index (Phi) is 2.68. The molecule has 5 heteroatoms. The average Bonchev–Trinajstić information content (AvgIpc) is 2.07. The fourth-order valence-corrected chi connectivity index (χ4v) is 1.38. The van der Waals surface area contributed by atoms with Crippen LogP contribution in [0.2, 0.25) is 10.0 Å². The first-order valence-corrected chi connectivity index (χ1v) is 4.11. The van der Waals surface area contributed by atoms with Crippen LogP contribution in [0, 0.1) is 6.92 Å². The van der Waals surface area contributed by atoms with Crippen LogP contribution in [0.25, 0.3) is 0 Å². The van der Waals surface area contributed by atoms with Crippen molar-refractivity contribution in [3.63, 3.8) is 0 Å². The fourth-order valence-electron chi connectivity index (χ4n) is 0.926. The number of halogens is 2. The second-order valence-electron chi connectivity index (χ2n) is 2.50. The Morgan fingerprint density at radius 2 is 2.00 bits per heavy atom. The minimum Gasteiger partial charge on any atom is -0.505 e. The molecule has 0 aliphatic carbocycles. The number of rotatable bonds is 1. The zero-order valence-corrected chi connectivity index (χ0v) is 8.15. The van der Waals surface area contributed by atoms with Crippen molar-refractivity contribution in [3.8, 4) is 5.75 Å². The number of aromatic hydroxyl groups is 1. The molecule has 3 nitrogen and oxygen atoms in total. The number of hydrogen-bond donors (Lipinski definition) is 2. The predicted octanol–water partition coefficient (Wildman–Crippen LogP) is 2.71. The van der Waals surface area contributed by atoms with Crippen LogP contribution in [-0.2, 0) is 0 Å². The average molecular weight is 221 g/mol. The third-order valence-corrected chi connectivity index (χ3v) is 2.42. The van der Waals surface area contributed by atoms with Gasteiger partial charge in [-0.25, -0.2) is 4.79 Å². The van der Waals surface area contributed by atoms with E-state index in [2.05, 4.69) is 0 Å². The van der Waals surface area contributed by atoms with Crippen molar-refractivity contribution in [2.45, 2.75) is 6.92 Å². The highest BCUT2D eigenvalue weighted by Crippen LogP contribution is 2.36. The van der Waals surface area contributed by atoms with Gasteiger partial charge in [-0.05, 0) is 18.6 Å². The van der Waals surface area contributed by atoms with E-state index < -0.39 is 5.97 Å². The van der Waals surface area contributed by atoms with Crippen molar-refractivity contribution in [3.05, 3.63) is 27.2 Å². The molecule has 0 amide bonds. The largest absolute Gasteiger partial charge is 0.505 e. The summed E-state index contributed by atoms with van der Waals surface area (Å²) in [4.78, 5) is 10.6. The number of phenols is 1. The Labute approximate surface area is 84.5 Å². The van der Waals surface area contributed by atoms with Crippen molar-refractivity contribution >= 4 is 29.2 Å². The van der Waals surface area contributed by atoms with Gasteiger partial charge in [0.2, 0.25) is 0 Å². The zero-order chi connectivity index (χ0) is 10.2. The molecule has 0 bridgehead atoms. The van der Waals surface area contributed by atoms with E-state index in [0.717, 1.165) is 0 Å². The molecule has 1 aromatic rings. The maximum absolute atomic E-state index is 10.6. The molecule has 70 valence electrons. The smallest absolute Gasteiger partial charge is 0.336 e. The Balaban J connectivity index is 3.50. The van der Waals surface area contributed by atoms with Gasteiger partial charge in [0.1, 0.15) is 0 Å². The Morgan fingerprint density at radius 3 is 2.46 bits per heavy atom. The number of phenolic OH excluding ortho intramolecular Hbond substituents is 1. The number of aromatic carboxylic acids is 1. The van der Waals surface area contributed by atoms with Gasteiger partial charge < -0.3 is 10.2 Å². The second-order valence-corrected chi connectivity index (χ2v) is 3.28. The van der Waals surface area contributed by atoms with Gasteiger partial charge in [-0.15, -0.1) is 0 Å². The van der Waals surface area contributed by atoms with Gasteiger partial charge in [0.05, 0.1) is 15.6 Å². The van der Waals surface area contributed by atoms with Crippen LogP contribution < -0.4 is 0 Å². The van der Waals surface area contributed by atoms with E-state index in [0.29, 0.717) is 5.56 Å². The normalized spacial score (nSPS) is 10.1. The number of carbonyl (C=O) groups is 1. The van der Waals surface area contributed by atoms with Crippen LogP contribution in [-0.4, -0.2) is 16.2 Å². The van der Waals surface area contributed by atoms with E-state index in [1.165, 1.54) is 13.0 Å². The predicted molar refractivity (Wildman–Crippen MR) is 49.8 cm³/mol. The minimum absolute atomic E-state index is 0.00667. The molecule has 1 aromatic carbocycles. The standard InChI is InChI=1S/C8H6Cl2O3/c1-3-4(8(12)13)2-5(9)7(11)6(3)10/h2,11H,1H3,(H,12,13). The zero-order valence-electron chi connectivity index (χ0n) is 6.64. The van der Waals surface area contributed by atoms with Gasteiger partial charge >= 0.3 is 5.97 Å². The van der Waals surface area contributed by atoms with Gasteiger partial charge in [0, 0.05) is 0 Å². The number of carboxylic acids is 1. The number of benzene rings is 1. The summed E-state index contributed by atoms with van der Waals surface area (Å²) in [6.07, 6.45) is 0. The lowest BCUT2D eigenvalue weighted by atomic mass is 10.1. The summed E-state index contributed by atoms with van der Waals surface area (Å²) in [6, 6.07) is 1.17. The molecule has 1 rings (SSSR count). The van der Waals surface area contributed by atoms with Crippen LogP contribution in [0.3, 0.4) is 0 Å². The quantitative estimate of drug-likeness (QED) is 0.766. The monoisotopic (exact) mass is 220 g/mol. The highest BCUT2D eigenvalue weighted by molar-refractivity contribution is 6.38. The molecule has 0 aliphatic heterocycles. The van der Waals surface area contributed by atoms with Crippen LogP contribution in [0.1, 0.15) is 15.9 Å². The molecular weight excluding hydrogens is 215 g/mol. The molecule has 0 aliphatic rings. The van der Waals surface area contributed by atoms with Gasteiger partial charge in [-0.2, -0.15) is 0 Å². The van der Waals surface area contributed by atoms with E-state index >= 15 is 0 Å². The van der Waals surface area contributed by atoms with Gasteiger partial charge in [0.15, 0.2) is 5.75 Å². The van der Waals surface area contributed by atoms with E-state index in [1.54, 1.807) is 0 Å². The molecule has 2 N–H and O–H groups in total. The Morgan fingerprint density at radius 1 is 1.46 bits per heavy atom. The molecule has 0 atom stereocenters. The molecule has 0 radical (unpaired) electrons. The molecular formula is C8H6Cl2O3. The fraction of sp³-hybridized carbons (Fsp3) is 0.125. The van der Waals surface area contributed by atoms with Gasteiger partial charge in [-0.3, -0.25) is 0 Å². The molecule has 0 saturated carbocycles. The van der Waals surface area contributed by atoms with E-state index in [1.807, 2.05) is 0 Å². The van der Waals surface area contributed by atoms with Crippen LogP contribution in [0.5, 0.6) is 5.75 Å². The van der Waals surface area contributed by atoms with E-state index in [9.17, 15) is 9.90 Å². The summed E-state index contributed by atoms with van der Waals surface area (Å²) in [6.45, 7) is 1.50. The lowest BCUT2D eigenvalue weighted by Crippen LogP contribution is -2.00. The first-order valence-electron chi connectivity index (χ1n) is 3.36. The second kappa shape index (κ2) is 3.44. The van der Waals surface area contributed by atoms with Gasteiger partial charge in [-0.1, -0.05) is 23.2 Å². The molecule has 0 unspecified atom stereocenters. The van der Waals surface area contributed by atoms with Crippen molar-refractivity contribution < 1.29 is 15.0 Å². The van der Waals surface area contributed by atoms with E-state index in [-0.39, 0.29) is 21.4 Å². The van der Waals surface area contributed by atoms with Gasteiger partial charge in [0.25, 0.3) is 0 Å². The molecule has 0 fully saturated rings. The first-order chi connectivity index (χ1) is 5.95. The third-order valence-electron chi connectivity index (χ3n) is 1.67. The molecule has 0 spiro atoms. The number of hydrogen-bond acceptors (Lipinski definition) is 2. The number of carboxylic acid groups (broad SMARTS) is 1. The van der Waals surface area contributed by atoms with Crippen molar-refractivity contribution in [2.75, 3.05) is 0 Å². The summed E-state index contributed by atoms with van der Waals surface area (Å²) in [5.74, 6) is -1.41. The highest BCUT2D eigenvalue weighted by Gasteiger charge is 2.15. The maximum Gasteiger partial charge on any atom is 0.336 e. The summed E-state index contributed by atoms with van der Waals surface area (Å²) in [5, 5.41) is 17.9. The topological polar surface area (TPSA) is 57.5 Å². The van der Waals surface area contributed by atoms with Crippen molar-refractivity contribution in [1.82, 2.24) is 0 Å². The summed E-state index contributed by atoms with van der Waals surface area (Å²) < 4.78 is 0. The molecule has 13 heavy (non-hydrogen) atoms. The summed E-state index contributed by atoms with van der Waals surface area (Å²) in [7, 11) is 0. The molecule has 0 aromatic heterocycles. The van der Waals surface area contributed by atoms with E-state index in [4.69, 9.17) is 28.3 Å². The minimum atomic E-state index is -1.12. The van der Waals surface area contributed by atoms with Crippen LogP contribution in [0.15, 0.2) is 6.07 Å². The Hall–Kier alpha value is -0.930. The summed E-state index contributed by atoms with van der Waals surface area (Å²) >= 11 is 11.2. The van der Waals surface area contributed by atoms with Crippen LogP contribution in [0.4, 0.5) is 0 Å². The third kappa shape index (κ3) is 1.71. The SMILES string of the molecule is Cc1c(C(=O)O)cc(Cl)c(O)c1Cl. The lowest BCUT2D eigenvalue weighted by Gasteiger charge is -2.06. The lowest BCUT2D eigenvalue weighted by molar-refractivity contribution is 0.0696. The maximum atomic E-state index is 10.6. The van der Waals surface area contributed by atoms with Crippen molar-refractivity contribution in [2.24, 2.45) is 0 Å². The highest BCUT2D eigenvalue weighted by atomic mass is 35.5. The van der Waals surface area contributed by atoms with Crippen molar-refractivity contribution in [1.29, 1.82) is 0 Å².